The van der Waals surface area contributed by atoms with E-state index in [-0.39, 0.29) is 6.10 Å². The van der Waals surface area contributed by atoms with E-state index in [1.165, 1.54) is 43.5 Å². The van der Waals surface area contributed by atoms with Gasteiger partial charge in [0.15, 0.2) is 0 Å². The summed E-state index contributed by atoms with van der Waals surface area (Å²) in [5, 5.41) is 9.98. The Labute approximate surface area is 104 Å². The van der Waals surface area contributed by atoms with Crippen LogP contribution < -0.4 is 0 Å². The Balaban J connectivity index is 1.80. The van der Waals surface area contributed by atoms with Crippen LogP contribution in [0, 0.1) is 5.41 Å². The molecule has 2 heteroatoms. The van der Waals surface area contributed by atoms with Gasteiger partial charge in [0.05, 0.1) is 6.10 Å². The number of aliphatic hydroxyl groups excluding tert-OH is 1. The average molecular weight is 233 g/mol. The first-order valence-electron chi connectivity index (χ1n) is 7.10. The second kappa shape index (κ2) is 4.16. The molecule has 0 aliphatic heterocycles. The van der Waals surface area contributed by atoms with Crippen LogP contribution in [0.5, 0.6) is 0 Å². The summed E-state index contributed by atoms with van der Waals surface area (Å²) in [5.74, 6) is 0. The highest BCUT2D eigenvalue weighted by Crippen LogP contribution is 2.51. The second-order valence-electron chi connectivity index (χ2n) is 6.00. The lowest BCUT2D eigenvalue weighted by atomic mass is 9.94. The van der Waals surface area contributed by atoms with Crippen LogP contribution in [0.15, 0.2) is 12.3 Å². The maximum atomic E-state index is 9.98. The molecule has 0 saturated heterocycles. The molecule has 1 unspecified atom stereocenters. The largest absolute Gasteiger partial charge is 0.388 e. The molecule has 94 valence electrons. The van der Waals surface area contributed by atoms with Gasteiger partial charge in [-0.25, -0.2) is 0 Å². The number of fused-ring (bicyclic) bond motifs is 1. The quantitative estimate of drug-likeness (QED) is 0.846. The predicted octanol–water partition coefficient (Wildman–Crippen LogP) is 3.44. The fraction of sp³-hybridized carbons (Fsp3) is 0.733. The summed E-state index contributed by atoms with van der Waals surface area (Å²) in [6.45, 7) is 3.47. The van der Waals surface area contributed by atoms with Crippen LogP contribution in [0.1, 0.15) is 62.8 Å². The smallest absolute Gasteiger partial charge is 0.0807 e. The summed E-state index contributed by atoms with van der Waals surface area (Å²) in [7, 11) is 0. The van der Waals surface area contributed by atoms with Gasteiger partial charge in [-0.2, -0.15) is 0 Å². The van der Waals surface area contributed by atoms with E-state index in [0.717, 1.165) is 19.3 Å². The average Bonchev–Trinajstić information content (AvgIpc) is 2.93. The SMILES string of the molecule is CCCC1(Cn2ccc3c2CCCC3O)CC1. The van der Waals surface area contributed by atoms with Crippen molar-refractivity contribution in [1.82, 2.24) is 4.57 Å². The number of nitrogens with zero attached hydrogens (tertiary/aromatic N) is 1. The molecular weight excluding hydrogens is 210 g/mol. The molecule has 0 aromatic carbocycles. The monoisotopic (exact) mass is 233 g/mol. The van der Waals surface area contributed by atoms with E-state index in [4.69, 9.17) is 0 Å². The van der Waals surface area contributed by atoms with Gasteiger partial charge in [-0.3, -0.25) is 0 Å². The molecule has 1 heterocycles. The first kappa shape index (κ1) is 11.3. The maximum Gasteiger partial charge on any atom is 0.0807 e. The molecule has 3 rings (SSSR count). The third-order valence-electron chi connectivity index (χ3n) is 4.61. The molecule has 2 nitrogen and oxygen atoms in total. The Kier molecular flexibility index (Phi) is 2.78. The van der Waals surface area contributed by atoms with E-state index in [2.05, 4.69) is 23.8 Å². The van der Waals surface area contributed by atoms with Gasteiger partial charge in [0.25, 0.3) is 0 Å². The first-order chi connectivity index (χ1) is 8.24. The highest BCUT2D eigenvalue weighted by molar-refractivity contribution is 5.27. The molecular formula is C15H23NO. The molecule has 1 aromatic rings. The molecule has 1 atom stereocenters. The van der Waals surface area contributed by atoms with Gasteiger partial charge in [-0.15, -0.1) is 0 Å². The summed E-state index contributed by atoms with van der Waals surface area (Å²) >= 11 is 0. The Morgan fingerprint density at radius 2 is 2.29 bits per heavy atom. The molecule has 0 radical (unpaired) electrons. The van der Waals surface area contributed by atoms with Crippen molar-refractivity contribution >= 4 is 0 Å². The van der Waals surface area contributed by atoms with Gasteiger partial charge >= 0.3 is 0 Å². The molecule has 0 amide bonds. The van der Waals surface area contributed by atoms with Crippen molar-refractivity contribution in [3.63, 3.8) is 0 Å². The van der Waals surface area contributed by atoms with Gasteiger partial charge in [0.2, 0.25) is 0 Å². The lowest BCUT2D eigenvalue weighted by Crippen LogP contribution is -2.16. The normalized spacial score (nSPS) is 25.6. The number of aromatic nitrogens is 1. The van der Waals surface area contributed by atoms with Crippen molar-refractivity contribution in [3.8, 4) is 0 Å². The highest BCUT2D eigenvalue weighted by atomic mass is 16.3. The zero-order valence-electron chi connectivity index (χ0n) is 10.8. The Morgan fingerprint density at radius 1 is 1.47 bits per heavy atom. The number of hydrogen-bond acceptors (Lipinski definition) is 1. The lowest BCUT2D eigenvalue weighted by Gasteiger charge is -2.22. The van der Waals surface area contributed by atoms with E-state index in [0.29, 0.717) is 5.41 Å². The van der Waals surface area contributed by atoms with Gasteiger partial charge in [-0.05, 0) is 50.0 Å². The van der Waals surface area contributed by atoms with Crippen LogP contribution in [0.4, 0.5) is 0 Å². The molecule has 2 aliphatic carbocycles. The van der Waals surface area contributed by atoms with E-state index >= 15 is 0 Å². The van der Waals surface area contributed by atoms with Crippen molar-refractivity contribution < 1.29 is 5.11 Å². The molecule has 1 saturated carbocycles. The van der Waals surface area contributed by atoms with E-state index in [9.17, 15) is 5.11 Å². The minimum absolute atomic E-state index is 0.207. The minimum atomic E-state index is -0.207. The molecule has 1 N–H and O–H groups in total. The number of hydrogen-bond donors (Lipinski definition) is 1. The van der Waals surface area contributed by atoms with Gasteiger partial charge < -0.3 is 9.67 Å². The van der Waals surface area contributed by atoms with Crippen molar-refractivity contribution in [2.24, 2.45) is 5.41 Å². The van der Waals surface area contributed by atoms with Crippen LogP contribution >= 0.6 is 0 Å². The molecule has 17 heavy (non-hydrogen) atoms. The number of rotatable bonds is 4. The Morgan fingerprint density at radius 3 is 3.00 bits per heavy atom. The topological polar surface area (TPSA) is 25.2 Å². The minimum Gasteiger partial charge on any atom is -0.388 e. The van der Waals surface area contributed by atoms with E-state index in [1.807, 2.05) is 0 Å². The van der Waals surface area contributed by atoms with Crippen molar-refractivity contribution in [3.05, 3.63) is 23.5 Å². The zero-order chi connectivity index (χ0) is 11.9. The maximum absolute atomic E-state index is 9.98. The van der Waals surface area contributed by atoms with Crippen molar-refractivity contribution in [2.45, 2.75) is 64.5 Å². The Bertz CT molecular complexity index is 403. The lowest BCUT2D eigenvalue weighted by molar-refractivity contribution is 0.155. The van der Waals surface area contributed by atoms with E-state index < -0.39 is 0 Å². The standard InChI is InChI=1S/C15H23NO/c1-2-7-15(8-9-15)11-16-10-6-12-13(16)4-3-5-14(12)17/h6,10,14,17H,2-5,7-9,11H2,1H3. The molecule has 0 spiro atoms. The fourth-order valence-corrected chi connectivity index (χ4v) is 3.44. The van der Waals surface area contributed by atoms with Crippen LogP contribution in [0.25, 0.3) is 0 Å². The number of aliphatic hydroxyl groups is 1. The van der Waals surface area contributed by atoms with Crippen LogP contribution in [0.3, 0.4) is 0 Å². The van der Waals surface area contributed by atoms with Gasteiger partial charge in [-0.1, -0.05) is 13.3 Å². The highest BCUT2D eigenvalue weighted by Gasteiger charge is 2.42. The van der Waals surface area contributed by atoms with Crippen LogP contribution in [0.2, 0.25) is 0 Å². The van der Waals surface area contributed by atoms with Gasteiger partial charge in [0, 0.05) is 24.0 Å². The van der Waals surface area contributed by atoms with Crippen LogP contribution in [-0.2, 0) is 13.0 Å². The molecule has 1 aromatic heterocycles. The summed E-state index contributed by atoms with van der Waals surface area (Å²) in [6, 6.07) is 2.14. The van der Waals surface area contributed by atoms with Crippen molar-refractivity contribution in [1.29, 1.82) is 0 Å². The third kappa shape index (κ3) is 2.03. The molecule has 1 fully saturated rings. The fourth-order valence-electron chi connectivity index (χ4n) is 3.44. The third-order valence-corrected chi connectivity index (χ3v) is 4.61. The predicted molar refractivity (Wildman–Crippen MR) is 68.9 cm³/mol. The summed E-state index contributed by atoms with van der Waals surface area (Å²) in [4.78, 5) is 0. The summed E-state index contributed by atoms with van der Waals surface area (Å²) in [5.41, 5.74) is 3.21. The van der Waals surface area contributed by atoms with Crippen molar-refractivity contribution in [2.75, 3.05) is 0 Å². The zero-order valence-corrected chi connectivity index (χ0v) is 10.8. The summed E-state index contributed by atoms with van der Waals surface area (Å²) < 4.78 is 2.43. The Hall–Kier alpha value is -0.760. The molecule has 0 bridgehead atoms. The first-order valence-corrected chi connectivity index (χ1v) is 7.10. The summed E-state index contributed by atoms with van der Waals surface area (Å²) in [6.07, 6.45) is 10.7. The second-order valence-corrected chi connectivity index (χ2v) is 6.00. The van der Waals surface area contributed by atoms with E-state index in [1.54, 1.807) is 0 Å². The van der Waals surface area contributed by atoms with Gasteiger partial charge in [0.1, 0.15) is 0 Å². The van der Waals surface area contributed by atoms with Crippen LogP contribution in [-0.4, -0.2) is 9.67 Å². The molecule has 2 aliphatic rings.